The van der Waals surface area contributed by atoms with E-state index < -0.39 is 5.91 Å². The van der Waals surface area contributed by atoms with Crippen molar-refractivity contribution in [2.24, 2.45) is 5.73 Å². The van der Waals surface area contributed by atoms with Gasteiger partial charge in [0.05, 0.1) is 23.4 Å². The molecule has 0 saturated carbocycles. The normalized spacial score (nSPS) is 10.6. The van der Waals surface area contributed by atoms with E-state index in [9.17, 15) is 14.4 Å². The van der Waals surface area contributed by atoms with Gasteiger partial charge in [0.25, 0.3) is 11.8 Å². The highest BCUT2D eigenvalue weighted by atomic mass is 32.1. The Morgan fingerprint density at radius 2 is 1.80 bits per heavy atom. The Labute approximate surface area is 178 Å². The molecule has 156 valence electrons. The summed E-state index contributed by atoms with van der Waals surface area (Å²) in [7, 11) is 0. The van der Waals surface area contributed by atoms with E-state index in [1.165, 1.54) is 4.88 Å². The van der Waals surface area contributed by atoms with Gasteiger partial charge in [0.1, 0.15) is 0 Å². The summed E-state index contributed by atoms with van der Waals surface area (Å²) < 4.78 is 2.10. The zero-order valence-electron chi connectivity index (χ0n) is 16.9. The molecule has 8 heteroatoms. The third-order valence-electron chi connectivity index (χ3n) is 4.79. The van der Waals surface area contributed by atoms with E-state index in [1.54, 1.807) is 35.6 Å². The molecule has 2 heterocycles. The number of nitrogens with zero attached hydrogens (tertiary/aromatic N) is 1. The fraction of sp³-hybridized carbons (Fsp3) is 0.227. The van der Waals surface area contributed by atoms with Gasteiger partial charge in [-0.3, -0.25) is 14.4 Å². The Hall–Kier alpha value is -3.39. The Morgan fingerprint density at radius 3 is 2.50 bits per heavy atom. The van der Waals surface area contributed by atoms with Crippen LogP contribution in [-0.2, 0) is 11.3 Å². The summed E-state index contributed by atoms with van der Waals surface area (Å²) in [5, 5.41) is 7.51. The van der Waals surface area contributed by atoms with Gasteiger partial charge in [-0.25, -0.2) is 0 Å². The standard InChI is InChI=1S/C22H24N4O3S/c1-14-12-18(15(2)26(14)13-16-6-5-11-30-16)22(29)25-19-8-4-3-7-17(19)21(28)24-10-9-20(23)27/h3-8,11-12H,9-10,13H2,1-2H3,(H2,23,27)(H,24,28)(H,25,29). The van der Waals surface area contributed by atoms with Crippen LogP contribution < -0.4 is 16.4 Å². The van der Waals surface area contributed by atoms with Crippen molar-refractivity contribution in [3.05, 3.63) is 75.2 Å². The van der Waals surface area contributed by atoms with Crippen molar-refractivity contribution in [2.45, 2.75) is 26.8 Å². The summed E-state index contributed by atoms with van der Waals surface area (Å²) in [5.41, 5.74) is 8.24. The second-order valence-corrected chi connectivity index (χ2v) is 7.95. The number of hydrogen-bond acceptors (Lipinski definition) is 4. The predicted octanol–water partition coefficient (Wildman–Crippen LogP) is 3.07. The van der Waals surface area contributed by atoms with E-state index in [0.29, 0.717) is 23.4 Å². The number of amides is 3. The van der Waals surface area contributed by atoms with Crippen LogP contribution in [0.25, 0.3) is 0 Å². The largest absolute Gasteiger partial charge is 0.370 e. The minimum Gasteiger partial charge on any atom is -0.370 e. The Kier molecular flexibility index (Phi) is 6.68. The van der Waals surface area contributed by atoms with Crippen molar-refractivity contribution in [2.75, 3.05) is 11.9 Å². The monoisotopic (exact) mass is 424 g/mol. The van der Waals surface area contributed by atoms with Gasteiger partial charge in [0, 0.05) is 29.2 Å². The number of anilines is 1. The highest BCUT2D eigenvalue weighted by molar-refractivity contribution is 7.09. The quantitative estimate of drug-likeness (QED) is 0.517. The Bertz CT molecular complexity index is 1070. The molecule has 0 fully saturated rings. The summed E-state index contributed by atoms with van der Waals surface area (Å²) in [5.74, 6) is -1.15. The predicted molar refractivity (Wildman–Crippen MR) is 118 cm³/mol. The van der Waals surface area contributed by atoms with Crippen LogP contribution in [0.1, 0.15) is 43.4 Å². The maximum atomic E-state index is 13.0. The highest BCUT2D eigenvalue weighted by Crippen LogP contribution is 2.22. The number of nitrogens with two attached hydrogens (primary N) is 1. The smallest absolute Gasteiger partial charge is 0.257 e. The number of benzene rings is 1. The summed E-state index contributed by atoms with van der Waals surface area (Å²) in [6.45, 7) is 4.73. The second kappa shape index (κ2) is 9.41. The summed E-state index contributed by atoms with van der Waals surface area (Å²) >= 11 is 1.67. The number of para-hydroxylation sites is 1. The van der Waals surface area contributed by atoms with Gasteiger partial charge in [-0.05, 0) is 43.5 Å². The molecule has 0 aliphatic rings. The molecule has 3 rings (SSSR count). The van der Waals surface area contributed by atoms with Crippen LogP contribution in [-0.4, -0.2) is 28.8 Å². The van der Waals surface area contributed by atoms with Gasteiger partial charge in [0.2, 0.25) is 5.91 Å². The molecule has 30 heavy (non-hydrogen) atoms. The van der Waals surface area contributed by atoms with Crippen LogP contribution in [0, 0.1) is 13.8 Å². The zero-order valence-corrected chi connectivity index (χ0v) is 17.7. The minimum atomic E-state index is -0.491. The molecule has 0 aliphatic heterocycles. The molecule has 0 bridgehead atoms. The van der Waals surface area contributed by atoms with Crippen LogP contribution in [0.15, 0.2) is 47.8 Å². The number of hydrogen-bond donors (Lipinski definition) is 3. The van der Waals surface area contributed by atoms with Gasteiger partial charge in [-0.2, -0.15) is 0 Å². The molecule has 0 spiro atoms. The first-order valence-electron chi connectivity index (χ1n) is 9.53. The van der Waals surface area contributed by atoms with Gasteiger partial charge in [-0.15, -0.1) is 11.3 Å². The number of thiophene rings is 1. The molecule has 3 amide bonds. The lowest BCUT2D eigenvalue weighted by atomic mass is 10.1. The number of primary amides is 1. The number of aryl methyl sites for hydroxylation is 1. The van der Waals surface area contributed by atoms with Crippen molar-refractivity contribution < 1.29 is 14.4 Å². The van der Waals surface area contributed by atoms with Crippen LogP contribution in [0.3, 0.4) is 0 Å². The third kappa shape index (κ3) is 4.96. The molecule has 4 N–H and O–H groups in total. The molecule has 0 aliphatic carbocycles. The summed E-state index contributed by atoms with van der Waals surface area (Å²) in [6.07, 6.45) is 0.0521. The lowest BCUT2D eigenvalue weighted by molar-refractivity contribution is -0.117. The first kappa shape index (κ1) is 21.3. The van der Waals surface area contributed by atoms with E-state index in [4.69, 9.17) is 5.73 Å². The summed E-state index contributed by atoms with van der Waals surface area (Å²) in [4.78, 5) is 37.5. The highest BCUT2D eigenvalue weighted by Gasteiger charge is 2.19. The molecule has 2 aromatic heterocycles. The lowest BCUT2D eigenvalue weighted by Crippen LogP contribution is -2.28. The molecule has 3 aromatic rings. The molecule has 0 saturated heterocycles. The number of nitrogens with one attached hydrogen (secondary N) is 2. The number of rotatable bonds is 8. The molecule has 0 radical (unpaired) electrons. The average molecular weight is 425 g/mol. The molecule has 7 nitrogen and oxygen atoms in total. The van der Waals surface area contributed by atoms with Crippen LogP contribution in [0.2, 0.25) is 0 Å². The third-order valence-corrected chi connectivity index (χ3v) is 5.65. The van der Waals surface area contributed by atoms with E-state index >= 15 is 0 Å². The van der Waals surface area contributed by atoms with Crippen LogP contribution in [0.4, 0.5) is 5.69 Å². The molecule has 0 atom stereocenters. The molecular formula is C22H24N4O3S. The van der Waals surface area contributed by atoms with Crippen molar-refractivity contribution >= 4 is 34.7 Å². The average Bonchev–Trinajstić information content (AvgIpc) is 3.32. The second-order valence-electron chi connectivity index (χ2n) is 6.92. The van der Waals surface area contributed by atoms with Crippen molar-refractivity contribution in [3.63, 3.8) is 0 Å². The van der Waals surface area contributed by atoms with Crippen molar-refractivity contribution in [1.29, 1.82) is 0 Å². The van der Waals surface area contributed by atoms with Crippen molar-refractivity contribution in [1.82, 2.24) is 9.88 Å². The number of carbonyl (C=O) groups is 3. The fourth-order valence-corrected chi connectivity index (χ4v) is 3.90. The van der Waals surface area contributed by atoms with E-state index in [-0.39, 0.29) is 24.8 Å². The first-order valence-corrected chi connectivity index (χ1v) is 10.4. The topological polar surface area (TPSA) is 106 Å². The maximum absolute atomic E-state index is 13.0. The zero-order chi connectivity index (χ0) is 21.7. The van der Waals surface area contributed by atoms with E-state index in [1.807, 2.05) is 31.4 Å². The van der Waals surface area contributed by atoms with Gasteiger partial charge < -0.3 is 20.9 Å². The molecule has 1 aromatic carbocycles. The Balaban J connectivity index is 1.77. The molecule has 0 unspecified atom stereocenters. The van der Waals surface area contributed by atoms with Gasteiger partial charge >= 0.3 is 0 Å². The minimum absolute atomic E-state index is 0.0521. The van der Waals surface area contributed by atoms with E-state index in [2.05, 4.69) is 21.3 Å². The lowest BCUT2D eigenvalue weighted by Gasteiger charge is -2.12. The number of carbonyl (C=O) groups excluding carboxylic acids is 3. The molecular weight excluding hydrogens is 400 g/mol. The number of aromatic nitrogens is 1. The Morgan fingerprint density at radius 1 is 1.03 bits per heavy atom. The van der Waals surface area contributed by atoms with Crippen LogP contribution in [0.5, 0.6) is 0 Å². The SMILES string of the molecule is Cc1cc(C(=O)Nc2ccccc2C(=O)NCCC(N)=O)c(C)n1Cc1cccs1. The van der Waals surface area contributed by atoms with Crippen molar-refractivity contribution in [3.8, 4) is 0 Å². The van der Waals surface area contributed by atoms with E-state index in [0.717, 1.165) is 11.4 Å². The summed E-state index contributed by atoms with van der Waals surface area (Å²) in [6, 6.07) is 12.7. The van der Waals surface area contributed by atoms with Gasteiger partial charge in [-0.1, -0.05) is 18.2 Å². The van der Waals surface area contributed by atoms with Gasteiger partial charge in [0.15, 0.2) is 0 Å². The maximum Gasteiger partial charge on any atom is 0.257 e. The first-order chi connectivity index (χ1) is 14.4. The van der Waals surface area contributed by atoms with Crippen LogP contribution >= 0.6 is 11.3 Å². The fourth-order valence-electron chi connectivity index (χ4n) is 3.21.